The summed E-state index contributed by atoms with van der Waals surface area (Å²) in [5.74, 6) is -1.66. The first-order valence-corrected chi connectivity index (χ1v) is 4.83. The third kappa shape index (κ3) is 2.90. The molecule has 1 aromatic heterocycles. The van der Waals surface area contributed by atoms with E-state index >= 15 is 0 Å². The van der Waals surface area contributed by atoms with Gasteiger partial charge in [0.25, 0.3) is 11.6 Å². The number of nitrogen functional groups attached to an aromatic ring is 1. The molecule has 2 amide bonds. The molecule has 0 fully saturated rings. The largest absolute Gasteiger partial charge is 0.383 e. The Labute approximate surface area is 101 Å². The summed E-state index contributed by atoms with van der Waals surface area (Å²) >= 11 is 0. The molecule has 1 unspecified atom stereocenters. The fourth-order valence-electron chi connectivity index (χ4n) is 1.09. The quantitative estimate of drug-likeness (QED) is 0.470. The summed E-state index contributed by atoms with van der Waals surface area (Å²) in [7, 11) is 0. The molecule has 0 saturated heterocycles. The highest BCUT2D eigenvalue weighted by Crippen LogP contribution is 2.16. The first kappa shape index (κ1) is 13.4. The molecule has 0 spiro atoms. The van der Waals surface area contributed by atoms with Crippen LogP contribution in [0, 0.1) is 10.1 Å². The Morgan fingerprint density at radius 3 is 2.67 bits per heavy atom. The van der Waals surface area contributed by atoms with Gasteiger partial charge in [-0.05, 0) is 6.92 Å². The minimum Gasteiger partial charge on any atom is -0.383 e. The van der Waals surface area contributed by atoms with Crippen molar-refractivity contribution in [1.82, 2.24) is 10.3 Å². The van der Waals surface area contributed by atoms with Gasteiger partial charge in [-0.1, -0.05) is 0 Å². The first-order chi connectivity index (χ1) is 8.32. The molecule has 0 aliphatic heterocycles. The number of hydrogen-bond donors (Lipinski definition) is 3. The minimum atomic E-state index is -0.920. The number of nitrogens with two attached hydrogens (primary N) is 2. The molecule has 9 nitrogen and oxygen atoms in total. The van der Waals surface area contributed by atoms with Crippen molar-refractivity contribution in [3.63, 3.8) is 0 Å². The van der Waals surface area contributed by atoms with Gasteiger partial charge in [-0.3, -0.25) is 19.7 Å². The second-order valence-electron chi connectivity index (χ2n) is 3.48. The highest BCUT2D eigenvalue weighted by Gasteiger charge is 2.19. The molecular weight excluding hydrogens is 242 g/mol. The summed E-state index contributed by atoms with van der Waals surface area (Å²) in [5.41, 5.74) is 9.84. The number of aromatic nitrogens is 1. The smallest absolute Gasteiger partial charge is 0.288 e. The molecule has 0 aromatic carbocycles. The van der Waals surface area contributed by atoms with Gasteiger partial charge in [0.05, 0.1) is 10.5 Å². The van der Waals surface area contributed by atoms with E-state index in [9.17, 15) is 19.7 Å². The molecule has 5 N–H and O–H groups in total. The van der Waals surface area contributed by atoms with Gasteiger partial charge in [-0.2, -0.15) is 0 Å². The van der Waals surface area contributed by atoms with Crippen LogP contribution in [0.15, 0.2) is 12.3 Å². The van der Waals surface area contributed by atoms with Gasteiger partial charge in [-0.25, -0.2) is 4.98 Å². The van der Waals surface area contributed by atoms with Crippen LogP contribution in [0.25, 0.3) is 0 Å². The van der Waals surface area contributed by atoms with E-state index in [4.69, 9.17) is 11.5 Å². The van der Waals surface area contributed by atoms with Gasteiger partial charge >= 0.3 is 0 Å². The van der Waals surface area contributed by atoms with Crippen LogP contribution >= 0.6 is 0 Å². The molecule has 0 aliphatic carbocycles. The molecule has 0 aliphatic rings. The predicted octanol–water partition coefficient (Wildman–Crippen LogP) is -0.824. The monoisotopic (exact) mass is 253 g/mol. The van der Waals surface area contributed by atoms with Gasteiger partial charge in [0.2, 0.25) is 5.91 Å². The topological polar surface area (TPSA) is 154 Å². The summed E-state index contributed by atoms with van der Waals surface area (Å²) in [6.45, 7) is 1.38. The molecule has 18 heavy (non-hydrogen) atoms. The number of hydrogen-bond acceptors (Lipinski definition) is 6. The molecule has 1 aromatic rings. The number of nitrogens with one attached hydrogen (secondary N) is 1. The van der Waals surface area contributed by atoms with Crippen molar-refractivity contribution >= 4 is 23.3 Å². The number of nitrogens with zero attached hydrogens (tertiary/aromatic N) is 2. The highest BCUT2D eigenvalue weighted by molar-refractivity contribution is 6.00. The number of anilines is 1. The Hall–Kier alpha value is -2.71. The third-order valence-corrected chi connectivity index (χ3v) is 2.13. The lowest BCUT2D eigenvalue weighted by Gasteiger charge is -2.10. The second kappa shape index (κ2) is 5.08. The Kier molecular flexibility index (Phi) is 3.77. The van der Waals surface area contributed by atoms with Crippen molar-refractivity contribution in [2.75, 3.05) is 5.73 Å². The average Bonchev–Trinajstić information content (AvgIpc) is 2.28. The molecule has 1 heterocycles. The zero-order valence-corrected chi connectivity index (χ0v) is 9.41. The van der Waals surface area contributed by atoms with Gasteiger partial charge < -0.3 is 16.8 Å². The SMILES string of the molecule is CC(NC(=O)c1cc([N+](=O)[O-])cnc1N)C(N)=O. The summed E-state index contributed by atoms with van der Waals surface area (Å²) in [5, 5.41) is 12.8. The van der Waals surface area contributed by atoms with Gasteiger partial charge in [0, 0.05) is 6.07 Å². The van der Waals surface area contributed by atoms with Crippen LogP contribution < -0.4 is 16.8 Å². The minimum absolute atomic E-state index is 0.172. The number of carbonyl (C=O) groups excluding carboxylic acids is 2. The van der Waals surface area contributed by atoms with Gasteiger partial charge in [-0.15, -0.1) is 0 Å². The molecule has 0 bridgehead atoms. The molecule has 9 heteroatoms. The van der Waals surface area contributed by atoms with E-state index in [1.807, 2.05) is 0 Å². The summed E-state index contributed by atoms with van der Waals surface area (Å²) < 4.78 is 0. The number of amides is 2. The van der Waals surface area contributed by atoms with E-state index in [2.05, 4.69) is 10.3 Å². The van der Waals surface area contributed by atoms with Crippen LogP contribution in [-0.2, 0) is 4.79 Å². The van der Waals surface area contributed by atoms with Crippen LogP contribution in [0.5, 0.6) is 0 Å². The predicted molar refractivity (Wildman–Crippen MR) is 61.4 cm³/mol. The van der Waals surface area contributed by atoms with Crippen LogP contribution in [-0.4, -0.2) is 27.8 Å². The van der Waals surface area contributed by atoms with Crippen LogP contribution in [0.3, 0.4) is 0 Å². The van der Waals surface area contributed by atoms with E-state index in [1.165, 1.54) is 6.92 Å². The van der Waals surface area contributed by atoms with Crippen LogP contribution in [0.4, 0.5) is 11.5 Å². The molecule has 96 valence electrons. The second-order valence-corrected chi connectivity index (χ2v) is 3.48. The van der Waals surface area contributed by atoms with Crippen molar-refractivity contribution in [1.29, 1.82) is 0 Å². The maximum absolute atomic E-state index is 11.7. The van der Waals surface area contributed by atoms with Crippen molar-refractivity contribution in [2.45, 2.75) is 13.0 Å². The Balaban J connectivity index is 3.01. The number of rotatable bonds is 4. The Bertz CT molecular complexity index is 516. The summed E-state index contributed by atoms with van der Waals surface area (Å²) in [4.78, 5) is 35.8. The van der Waals surface area contributed by atoms with E-state index in [0.29, 0.717) is 0 Å². The summed E-state index contributed by atoms with van der Waals surface area (Å²) in [6.07, 6.45) is 0.934. The van der Waals surface area contributed by atoms with Crippen LogP contribution in [0.2, 0.25) is 0 Å². The van der Waals surface area contributed by atoms with Crippen molar-refractivity contribution in [3.05, 3.63) is 27.9 Å². The fraction of sp³-hybridized carbons (Fsp3) is 0.222. The van der Waals surface area contributed by atoms with E-state index < -0.39 is 22.8 Å². The lowest BCUT2D eigenvalue weighted by molar-refractivity contribution is -0.385. The standard InChI is InChI=1S/C9H11N5O4/c1-4(8(11)15)13-9(16)6-2-5(14(17)18)3-12-7(6)10/h2-4H,1H3,(H2,10,12)(H2,11,15)(H,13,16). The van der Waals surface area contributed by atoms with Crippen molar-refractivity contribution < 1.29 is 14.5 Å². The number of pyridine rings is 1. The average molecular weight is 253 g/mol. The highest BCUT2D eigenvalue weighted by atomic mass is 16.6. The van der Waals surface area contributed by atoms with Gasteiger partial charge in [0.1, 0.15) is 18.1 Å². The fourth-order valence-corrected chi connectivity index (χ4v) is 1.09. The van der Waals surface area contributed by atoms with E-state index in [-0.39, 0.29) is 17.1 Å². The van der Waals surface area contributed by atoms with Crippen molar-refractivity contribution in [2.24, 2.45) is 5.73 Å². The number of nitro groups is 1. The molecule has 0 saturated carbocycles. The molecule has 1 atom stereocenters. The maximum atomic E-state index is 11.7. The van der Waals surface area contributed by atoms with E-state index in [1.54, 1.807) is 0 Å². The summed E-state index contributed by atoms with van der Waals surface area (Å²) in [6, 6.07) is 0.0573. The molecule has 0 radical (unpaired) electrons. The lowest BCUT2D eigenvalue weighted by Crippen LogP contribution is -2.42. The Morgan fingerprint density at radius 1 is 1.56 bits per heavy atom. The van der Waals surface area contributed by atoms with Gasteiger partial charge in [0.15, 0.2) is 0 Å². The van der Waals surface area contributed by atoms with Crippen LogP contribution in [0.1, 0.15) is 17.3 Å². The lowest BCUT2D eigenvalue weighted by atomic mass is 10.2. The zero-order chi connectivity index (χ0) is 13.9. The molecular formula is C9H11N5O4. The van der Waals surface area contributed by atoms with Crippen molar-refractivity contribution in [3.8, 4) is 0 Å². The number of carbonyl (C=O) groups is 2. The third-order valence-electron chi connectivity index (χ3n) is 2.13. The van der Waals surface area contributed by atoms with E-state index in [0.717, 1.165) is 12.3 Å². The maximum Gasteiger partial charge on any atom is 0.288 e. The number of primary amides is 1. The normalized spacial score (nSPS) is 11.6. The first-order valence-electron chi connectivity index (χ1n) is 4.83. The zero-order valence-electron chi connectivity index (χ0n) is 9.41. The Morgan fingerprint density at radius 2 is 2.17 bits per heavy atom. The molecule has 1 rings (SSSR count).